The minimum atomic E-state index is -0.168. The van der Waals surface area contributed by atoms with Gasteiger partial charge in [0, 0.05) is 9.26 Å². The Morgan fingerprint density at radius 2 is 2.08 bits per heavy atom. The molecule has 4 nitrogen and oxygen atoms in total. The van der Waals surface area contributed by atoms with Crippen molar-refractivity contribution in [3.8, 4) is 0 Å². The molecule has 1 aromatic carbocycles. The molecule has 1 heterocycles. The SMILES string of the molecule is Nc1cc(I)cc2[nH][nH]c(=O)c12. The van der Waals surface area contributed by atoms with Crippen LogP contribution < -0.4 is 11.3 Å². The summed E-state index contributed by atoms with van der Waals surface area (Å²) in [6.45, 7) is 0. The first kappa shape index (κ1) is 7.66. The number of H-pyrrole nitrogens is 2. The number of aromatic amines is 2. The summed E-state index contributed by atoms with van der Waals surface area (Å²) >= 11 is 2.15. The van der Waals surface area contributed by atoms with Crippen molar-refractivity contribution in [2.45, 2.75) is 0 Å². The molecule has 0 saturated heterocycles. The molecule has 0 aliphatic rings. The zero-order chi connectivity index (χ0) is 8.72. The molecule has 0 unspecified atom stereocenters. The van der Waals surface area contributed by atoms with Gasteiger partial charge in [-0.25, -0.2) is 0 Å². The standard InChI is InChI=1S/C7H6IN3O/c8-3-1-4(9)6-5(2-3)10-11-7(6)12/h1-2H,9H2,(H2,10,11,12). The van der Waals surface area contributed by atoms with Crippen LogP contribution in [0.25, 0.3) is 10.9 Å². The van der Waals surface area contributed by atoms with Crippen LogP contribution >= 0.6 is 22.6 Å². The van der Waals surface area contributed by atoms with E-state index >= 15 is 0 Å². The molecular weight excluding hydrogens is 269 g/mol. The first-order valence-corrected chi connectivity index (χ1v) is 4.42. The number of nitrogens with two attached hydrogens (primary N) is 1. The van der Waals surface area contributed by atoms with E-state index in [1.54, 1.807) is 6.07 Å². The van der Waals surface area contributed by atoms with E-state index in [-0.39, 0.29) is 5.56 Å². The Kier molecular flexibility index (Phi) is 1.60. The molecule has 2 aromatic rings. The van der Waals surface area contributed by atoms with E-state index in [0.29, 0.717) is 11.1 Å². The van der Waals surface area contributed by atoms with Gasteiger partial charge in [0.15, 0.2) is 0 Å². The molecule has 0 saturated carbocycles. The minimum absolute atomic E-state index is 0.168. The lowest BCUT2D eigenvalue weighted by Crippen LogP contribution is -2.00. The van der Waals surface area contributed by atoms with Crippen molar-refractivity contribution in [3.63, 3.8) is 0 Å². The highest BCUT2D eigenvalue weighted by atomic mass is 127. The van der Waals surface area contributed by atoms with Gasteiger partial charge in [0.05, 0.1) is 10.9 Å². The Balaban J connectivity index is 3.03. The molecule has 0 aliphatic heterocycles. The van der Waals surface area contributed by atoms with Crippen molar-refractivity contribution < 1.29 is 0 Å². The average Bonchev–Trinajstić information content (AvgIpc) is 2.31. The lowest BCUT2D eigenvalue weighted by molar-refractivity contribution is 1.08. The van der Waals surface area contributed by atoms with Gasteiger partial charge in [0.25, 0.3) is 5.56 Å². The number of fused-ring (bicyclic) bond motifs is 1. The molecule has 0 radical (unpaired) electrons. The zero-order valence-electron chi connectivity index (χ0n) is 6.02. The van der Waals surface area contributed by atoms with Crippen LogP contribution in [0.5, 0.6) is 0 Å². The summed E-state index contributed by atoms with van der Waals surface area (Å²) in [6.07, 6.45) is 0. The summed E-state index contributed by atoms with van der Waals surface area (Å²) in [5.41, 5.74) is 6.76. The van der Waals surface area contributed by atoms with Crippen molar-refractivity contribution >= 4 is 39.2 Å². The summed E-state index contributed by atoms with van der Waals surface area (Å²) in [4.78, 5) is 11.1. The van der Waals surface area contributed by atoms with E-state index in [9.17, 15) is 4.79 Å². The Hall–Kier alpha value is -0.980. The third-order valence-corrected chi connectivity index (χ3v) is 2.29. The number of halogens is 1. The van der Waals surface area contributed by atoms with Crippen LogP contribution in [0.15, 0.2) is 16.9 Å². The summed E-state index contributed by atoms with van der Waals surface area (Å²) in [5.74, 6) is 0. The van der Waals surface area contributed by atoms with Crippen LogP contribution in [-0.2, 0) is 0 Å². The van der Waals surface area contributed by atoms with E-state index in [1.165, 1.54) is 0 Å². The van der Waals surface area contributed by atoms with E-state index < -0.39 is 0 Å². The molecule has 0 fully saturated rings. The van der Waals surface area contributed by atoms with Crippen molar-refractivity contribution in [2.24, 2.45) is 0 Å². The molecule has 0 spiro atoms. The molecule has 0 aliphatic carbocycles. The van der Waals surface area contributed by atoms with Gasteiger partial charge in [0.2, 0.25) is 0 Å². The topological polar surface area (TPSA) is 74.7 Å². The predicted molar refractivity (Wildman–Crippen MR) is 56.0 cm³/mol. The van der Waals surface area contributed by atoms with E-state index in [4.69, 9.17) is 5.73 Å². The maximum absolute atomic E-state index is 11.1. The Morgan fingerprint density at radius 1 is 1.33 bits per heavy atom. The average molecular weight is 275 g/mol. The monoisotopic (exact) mass is 275 g/mol. The molecular formula is C7H6IN3O. The second-order valence-electron chi connectivity index (χ2n) is 2.50. The highest BCUT2D eigenvalue weighted by Crippen LogP contribution is 2.18. The van der Waals surface area contributed by atoms with Crippen molar-refractivity contribution in [2.75, 3.05) is 5.73 Å². The number of benzene rings is 1. The van der Waals surface area contributed by atoms with Crippen LogP contribution in [0, 0.1) is 3.57 Å². The lowest BCUT2D eigenvalue weighted by Gasteiger charge is -1.94. The zero-order valence-corrected chi connectivity index (χ0v) is 8.18. The minimum Gasteiger partial charge on any atom is -0.398 e. The van der Waals surface area contributed by atoms with Crippen LogP contribution in [0.4, 0.5) is 5.69 Å². The summed E-state index contributed by atoms with van der Waals surface area (Å²) < 4.78 is 1.01. The molecule has 0 amide bonds. The maximum Gasteiger partial charge on any atom is 0.273 e. The fourth-order valence-electron chi connectivity index (χ4n) is 1.17. The van der Waals surface area contributed by atoms with E-state index in [0.717, 1.165) is 9.09 Å². The van der Waals surface area contributed by atoms with Gasteiger partial charge >= 0.3 is 0 Å². The molecule has 62 valence electrons. The van der Waals surface area contributed by atoms with Crippen LogP contribution in [-0.4, -0.2) is 10.2 Å². The number of hydrogen-bond donors (Lipinski definition) is 3. The first-order valence-electron chi connectivity index (χ1n) is 3.34. The molecule has 1 aromatic heterocycles. The molecule has 4 N–H and O–H groups in total. The van der Waals surface area contributed by atoms with Gasteiger partial charge < -0.3 is 5.73 Å². The quantitative estimate of drug-likeness (QED) is 0.496. The van der Waals surface area contributed by atoms with Crippen molar-refractivity contribution in [1.82, 2.24) is 10.2 Å². The number of hydrogen-bond acceptors (Lipinski definition) is 2. The van der Waals surface area contributed by atoms with Gasteiger partial charge in [-0.3, -0.25) is 15.0 Å². The molecule has 2 rings (SSSR count). The van der Waals surface area contributed by atoms with Crippen molar-refractivity contribution in [3.05, 3.63) is 26.1 Å². The van der Waals surface area contributed by atoms with Crippen LogP contribution in [0.2, 0.25) is 0 Å². The fraction of sp³-hybridized carbons (Fsp3) is 0. The number of nitrogens with one attached hydrogen (secondary N) is 2. The number of anilines is 1. The van der Waals surface area contributed by atoms with Gasteiger partial charge in [-0.1, -0.05) is 0 Å². The Morgan fingerprint density at radius 3 is 2.83 bits per heavy atom. The van der Waals surface area contributed by atoms with Crippen molar-refractivity contribution in [1.29, 1.82) is 0 Å². The molecule has 5 heteroatoms. The van der Waals surface area contributed by atoms with Crippen LogP contribution in [0.3, 0.4) is 0 Å². The molecule has 12 heavy (non-hydrogen) atoms. The third kappa shape index (κ3) is 1.01. The number of rotatable bonds is 0. The fourth-order valence-corrected chi connectivity index (χ4v) is 1.81. The highest BCUT2D eigenvalue weighted by molar-refractivity contribution is 14.1. The Bertz CT molecular complexity index is 485. The smallest absolute Gasteiger partial charge is 0.273 e. The van der Waals surface area contributed by atoms with Crippen LogP contribution in [0.1, 0.15) is 0 Å². The Labute approximate surface area is 81.3 Å². The first-order chi connectivity index (χ1) is 5.68. The lowest BCUT2D eigenvalue weighted by atomic mass is 10.2. The van der Waals surface area contributed by atoms with E-state index in [2.05, 4.69) is 32.8 Å². The van der Waals surface area contributed by atoms with Gasteiger partial charge in [0.1, 0.15) is 0 Å². The second-order valence-corrected chi connectivity index (χ2v) is 3.74. The van der Waals surface area contributed by atoms with E-state index in [1.807, 2.05) is 6.07 Å². The largest absolute Gasteiger partial charge is 0.398 e. The summed E-state index contributed by atoms with van der Waals surface area (Å²) in [7, 11) is 0. The third-order valence-electron chi connectivity index (χ3n) is 1.67. The normalized spacial score (nSPS) is 10.8. The van der Waals surface area contributed by atoms with Gasteiger partial charge in [-0.15, -0.1) is 0 Å². The van der Waals surface area contributed by atoms with Gasteiger partial charge in [-0.2, -0.15) is 0 Å². The van der Waals surface area contributed by atoms with Gasteiger partial charge in [-0.05, 0) is 34.7 Å². The number of nitrogen functional groups attached to an aromatic ring is 1. The predicted octanol–water partition coefficient (Wildman–Crippen LogP) is 1.04. The maximum atomic E-state index is 11.1. The second kappa shape index (κ2) is 2.51. The molecule has 0 atom stereocenters. The highest BCUT2D eigenvalue weighted by Gasteiger charge is 2.04. The molecule has 0 bridgehead atoms. The summed E-state index contributed by atoms with van der Waals surface area (Å²) in [6, 6.07) is 3.64. The summed E-state index contributed by atoms with van der Waals surface area (Å²) in [5, 5.41) is 5.77. The number of aromatic nitrogens is 2.